The number of thioether (sulfide) groups is 1. The molecule has 0 saturated heterocycles. The van der Waals surface area contributed by atoms with E-state index in [0.29, 0.717) is 22.0 Å². The summed E-state index contributed by atoms with van der Waals surface area (Å²) >= 11 is 1.19. The fourth-order valence-electron chi connectivity index (χ4n) is 2.98. The molecular formula is C21H19F2NO4S. The zero-order valence-corrected chi connectivity index (χ0v) is 17.1. The van der Waals surface area contributed by atoms with Crippen molar-refractivity contribution < 1.29 is 27.8 Å². The molecule has 0 fully saturated rings. The summed E-state index contributed by atoms with van der Waals surface area (Å²) in [5, 5.41) is -0.0193. The lowest BCUT2D eigenvalue weighted by molar-refractivity contribution is -0.119. The Labute approximate surface area is 171 Å². The molecule has 29 heavy (non-hydrogen) atoms. The van der Waals surface area contributed by atoms with Gasteiger partial charge in [-0.15, -0.1) is 11.8 Å². The average Bonchev–Trinajstić information content (AvgIpc) is 2.92. The van der Waals surface area contributed by atoms with Crippen LogP contribution in [0.5, 0.6) is 11.5 Å². The van der Waals surface area contributed by atoms with Gasteiger partial charge in [0.15, 0.2) is 11.5 Å². The van der Waals surface area contributed by atoms with Crippen molar-refractivity contribution in [3.8, 4) is 11.5 Å². The second kappa shape index (κ2) is 8.24. The van der Waals surface area contributed by atoms with E-state index in [-0.39, 0.29) is 15.7 Å². The Balaban J connectivity index is 2.17. The van der Waals surface area contributed by atoms with Crippen LogP contribution in [0.1, 0.15) is 19.4 Å². The van der Waals surface area contributed by atoms with Gasteiger partial charge >= 0.3 is 0 Å². The lowest BCUT2D eigenvalue weighted by Crippen LogP contribution is -2.32. The van der Waals surface area contributed by atoms with Crippen LogP contribution in [0.4, 0.5) is 14.5 Å². The lowest BCUT2D eigenvalue weighted by Gasteiger charge is -2.16. The van der Waals surface area contributed by atoms with Crippen molar-refractivity contribution in [1.29, 1.82) is 0 Å². The van der Waals surface area contributed by atoms with E-state index in [0.717, 1.165) is 18.2 Å². The summed E-state index contributed by atoms with van der Waals surface area (Å²) in [5.41, 5.74) is 0.110. The molecule has 2 aromatic carbocycles. The number of halogens is 2. The van der Waals surface area contributed by atoms with E-state index in [1.54, 1.807) is 18.2 Å². The number of ether oxygens (including phenoxy) is 2. The van der Waals surface area contributed by atoms with Gasteiger partial charge in [0.2, 0.25) is 0 Å². The van der Waals surface area contributed by atoms with E-state index < -0.39 is 29.1 Å². The number of hydrogen-bond donors (Lipinski definition) is 0. The summed E-state index contributed by atoms with van der Waals surface area (Å²) in [6, 6.07) is 7.45. The Bertz CT molecular complexity index is 1020. The summed E-state index contributed by atoms with van der Waals surface area (Å²) in [6.45, 7) is 3.74. The Hall–Kier alpha value is -2.87. The van der Waals surface area contributed by atoms with Crippen molar-refractivity contribution in [1.82, 2.24) is 0 Å². The van der Waals surface area contributed by atoms with Gasteiger partial charge in [0.05, 0.1) is 30.4 Å². The normalized spacial score (nSPS) is 14.2. The Morgan fingerprint density at radius 1 is 0.931 bits per heavy atom. The van der Waals surface area contributed by atoms with Crippen LogP contribution in [0, 0.1) is 11.6 Å². The highest BCUT2D eigenvalue weighted by Crippen LogP contribution is 2.42. The van der Waals surface area contributed by atoms with Crippen molar-refractivity contribution in [3.05, 3.63) is 58.5 Å². The molecule has 0 bridgehead atoms. The smallest absolute Gasteiger partial charge is 0.272 e. The number of rotatable bonds is 6. The first-order valence-electron chi connectivity index (χ1n) is 8.75. The van der Waals surface area contributed by atoms with Gasteiger partial charge in [-0.3, -0.25) is 9.59 Å². The van der Waals surface area contributed by atoms with Crippen molar-refractivity contribution in [2.75, 3.05) is 19.1 Å². The Morgan fingerprint density at radius 3 is 2.24 bits per heavy atom. The molecule has 0 radical (unpaired) electrons. The maximum Gasteiger partial charge on any atom is 0.272 e. The third kappa shape index (κ3) is 3.85. The third-order valence-corrected chi connectivity index (χ3v) is 5.30. The molecule has 2 aromatic rings. The van der Waals surface area contributed by atoms with E-state index in [1.165, 1.54) is 26.0 Å². The minimum Gasteiger partial charge on any atom is -0.493 e. The minimum atomic E-state index is -0.865. The Kier molecular flexibility index (Phi) is 5.93. The first kappa shape index (κ1) is 20.9. The van der Waals surface area contributed by atoms with Crippen LogP contribution in [0.15, 0.2) is 41.3 Å². The van der Waals surface area contributed by atoms with E-state index in [1.807, 2.05) is 13.8 Å². The number of hydrogen-bond acceptors (Lipinski definition) is 5. The molecule has 1 aliphatic rings. The summed E-state index contributed by atoms with van der Waals surface area (Å²) in [6.07, 6.45) is 0. The zero-order valence-electron chi connectivity index (χ0n) is 16.3. The van der Waals surface area contributed by atoms with Gasteiger partial charge in [0.25, 0.3) is 11.8 Å². The van der Waals surface area contributed by atoms with E-state index >= 15 is 0 Å². The molecule has 0 unspecified atom stereocenters. The first-order valence-corrected chi connectivity index (χ1v) is 9.63. The second-order valence-electron chi connectivity index (χ2n) is 6.48. The van der Waals surface area contributed by atoms with Crippen molar-refractivity contribution >= 4 is 34.8 Å². The largest absolute Gasteiger partial charge is 0.493 e. The van der Waals surface area contributed by atoms with Crippen LogP contribution in [-0.4, -0.2) is 31.3 Å². The predicted octanol–water partition coefficient (Wildman–Crippen LogP) is 4.41. The maximum absolute atomic E-state index is 14.3. The van der Waals surface area contributed by atoms with Crippen molar-refractivity contribution in [3.63, 3.8) is 0 Å². The SMILES string of the molecule is COc1ccc(C2=C(SC(C)C)C(=O)N(c3cc(F)ccc3F)C2=O)cc1OC. The fourth-order valence-corrected chi connectivity index (χ4v) is 3.96. The summed E-state index contributed by atoms with van der Waals surface area (Å²) in [5.74, 6) is -2.20. The summed E-state index contributed by atoms with van der Waals surface area (Å²) < 4.78 is 38.5. The number of benzene rings is 2. The number of imide groups is 1. The highest BCUT2D eigenvalue weighted by Gasteiger charge is 2.42. The number of carbonyl (C=O) groups excluding carboxylic acids is 2. The van der Waals surface area contributed by atoms with Gasteiger partial charge in [-0.1, -0.05) is 19.9 Å². The van der Waals surface area contributed by atoms with Crippen LogP contribution < -0.4 is 14.4 Å². The second-order valence-corrected chi connectivity index (χ2v) is 8.07. The molecule has 0 saturated carbocycles. The number of amides is 2. The average molecular weight is 419 g/mol. The fraction of sp³-hybridized carbons (Fsp3) is 0.238. The minimum absolute atomic E-state index is 0.0193. The highest BCUT2D eigenvalue weighted by molar-refractivity contribution is 8.04. The molecule has 8 heteroatoms. The van der Waals surface area contributed by atoms with Gasteiger partial charge < -0.3 is 9.47 Å². The predicted molar refractivity (Wildman–Crippen MR) is 108 cm³/mol. The van der Waals surface area contributed by atoms with E-state index in [4.69, 9.17) is 9.47 Å². The third-order valence-electron chi connectivity index (χ3n) is 4.22. The summed E-state index contributed by atoms with van der Waals surface area (Å²) in [7, 11) is 2.94. The maximum atomic E-state index is 14.3. The van der Waals surface area contributed by atoms with Crippen LogP contribution in [0.2, 0.25) is 0 Å². The molecule has 0 spiro atoms. The molecule has 2 amide bonds. The van der Waals surface area contributed by atoms with Crippen LogP contribution in [0.3, 0.4) is 0 Å². The van der Waals surface area contributed by atoms with Crippen molar-refractivity contribution in [2.45, 2.75) is 19.1 Å². The molecule has 0 N–H and O–H groups in total. The molecule has 1 heterocycles. The monoisotopic (exact) mass is 419 g/mol. The molecule has 152 valence electrons. The molecule has 0 atom stereocenters. The number of nitrogens with zero attached hydrogens (tertiary/aromatic N) is 1. The molecule has 0 aromatic heterocycles. The molecule has 0 aliphatic carbocycles. The number of carbonyl (C=O) groups is 2. The molecule has 3 rings (SSSR count). The first-order chi connectivity index (χ1) is 13.8. The lowest BCUT2D eigenvalue weighted by atomic mass is 10.1. The van der Waals surface area contributed by atoms with Crippen LogP contribution in [-0.2, 0) is 9.59 Å². The molecular weight excluding hydrogens is 400 g/mol. The highest BCUT2D eigenvalue weighted by atomic mass is 32.2. The number of anilines is 1. The van der Waals surface area contributed by atoms with Gasteiger partial charge in [0, 0.05) is 11.3 Å². The van der Waals surface area contributed by atoms with Gasteiger partial charge in [-0.05, 0) is 29.8 Å². The van der Waals surface area contributed by atoms with Crippen LogP contribution >= 0.6 is 11.8 Å². The standard InChI is InChI=1S/C21H19F2NO4S/c1-11(2)29-19-18(12-5-8-16(27-3)17(9-12)28-4)20(25)24(21(19)26)15-10-13(22)6-7-14(15)23/h5-11H,1-4H3. The molecule has 1 aliphatic heterocycles. The topological polar surface area (TPSA) is 55.8 Å². The van der Waals surface area contributed by atoms with Crippen molar-refractivity contribution in [2.24, 2.45) is 0 Å². The molecule has 5 nitrogen and oxygen atoms in total. The van der Waals surface area contributed by atoms with E-state index in [2.05, 4.69) is 0 Å². The summed E-state index contributed by atoms with van der Waals surface area (Å²) in [4.78, 5) is 27.1. The van der Waals surface area contributed by atoms with E-state index in [9.17, 15) is 18.4 Å². The Morgan fingerprint density at radius 2 is 1.62 bits per heavy atom. The van der Waals surface area contributed by atoms with Gasteiger partial charge in [-0.2, -0.15) is 0 Å². The van der Waals surface area contributed by atoms with Gasteiger partial charge in [0.1, 0.15) is 11.6 Å². The quantitative estimate of drug-likeness (QED) is 0.650. The number of methoxy groups -OCH3 is 2. The zero-order chi connectivity index (χ0) is 21.3. The van der Waals surface area contributed by atoms with Gasteiger partial charge in [-0.25, -0.2) is 13.7 Å². The van der Waals surface area contributed by atoms with Crippen LogP contribution in [0.25, 0.3) is 5.57 Å².